The zero-order chi connectivity index (χ0) is 14.2. The molecule has 2 N–H and O–H groups in total. The van der Waals surface area contributed by atoms with Crippen LogP contribution in [0.4, 0.5) is 0 Å². The van der Waals surface area contributed by atoms with E-state index in [9.17, 15) is 5.11 Å². The average Bonchev–Trinajstić information content (AvgIpc) is 2.52. The molecule has 0 spiro atoms. The fourth-order valence-electron chi connectivity index (χ4n) is 1.92. The van der Waals surface area contributed by atoms with Gasteiger partial charge in [-0.15, -0.1) is 0 Å². The molecule has 3 heteroatoms. The quantitative estimate of drug-likeness (QED) is 0.813. The van der Waals surface area contributed by atoms with Gasteiger partial charge in [0, 0.05) is 6.54 Å². The maximum Gasteiger partial charge on any atom is 0.119 e. The van der Waals surface area contributed by atoms with Crippen LogP contribution in [0.1, 0.15) is 24.2 Å². The van der Waals surface area contributed by atoms with Crippen molar-refractivity contribution in [1.82, 2.24) is 5.32 Å². The highest BCUT2D eigenvalue weighted by Crippen LogP contribution is 2.16. The third-order valence-corrected chi connectivity index (χ3v) is 3.09. The summed E-state index contributed by atoms with van der Waals surface area (Å²) in [5.41, 5.74) is 2.10. The number of hydrogen-bond donors (Lipinski definition) is 2. The van der Waals surface area contributed by atoms with Crippen LogP contribution in [0.15, 0.2) is 54.6 Å². The van der Waals surface area contributed by atoms with Crippen molar-refractivity contribution < 1.29 is 9.84 Å². The van der Waals surface area contributed by atoms with Crippen LogP contribution < -0.4 is 10.1 Å². The summed E-state index contributed by atoms with van der Waals surface area (Å²) in [6.45, 7) is 4.17. The number of nitrogens with one attached hydrogen (secondary N) is 1. The first-order chi connectivity index (χ1) is 9.79. The minimum absolute atomic E-state index is 0.260. The maximum absolute atomic E-state index is 10.0. The molecule has 0 saturated carbocycles. The molecule has 2 rings (SSSR count). The molecule has 106 valence electrons. The molecule has 0 amide bonds. The minimum Gasteiger partial charge on any atom is -0.491 e. The van der Waals surface area contributed by atoms with Crippen LogP contribution in [0, 0.1) is 0 Å². The molecule has 0 aromatic heterocycles. The van der Waals surface area contributed by atoms with E-state index in [1.807, 2.05) is 54.6 Å². The van der Waals surface area contributed by atoms with Crippen LogP contribution in [-0.2, 0) is 6.54 Å². The minimum atomic E-state index is -0.599. The summed E-state index contributed by atoms with van der Waals surface area (Å²) in [5, 5.41) is 13.3. The van der Waals surface area contributed by atoms with Gasteiger partial charge in [0.25, 0.3) is 0 Å². The molecule has 0 aliphatic heterocycles. The summed E-state index contributed by atoms with van der Waals surface area (Å²) < 4.78 is 5.61. The van der Waals surface area contributed by atoms with Gasteiger partial charge in [0.05, 0.1) is 0 Å². The Balaban J connectivity index is 1.84. The van der Waals surface area contributed by atoms with E-state index >= 15 is 0 Å². The number of rotatable bonds is 7. The van der Waals surface area contributed by atoms with Gasteiger partial charge in [-0.3, -0.25) is 0 Å². The van der Waals surface area contributed by atoms with Gasteiger partial charge in [-0.05, 0) is 29.8 Å². The third kappa shape index (κ3) is 4.37. The molecule has 0 saturated heterocycles. The van der Waals surface area contributed by atoms with Gasteiger partial charge in [0.1, 0.15) is 18.5 Å². The van der Waals surface area contributed by atoms with Gasteiger partial charge >= 0.3 is 0 Å². The molecule has 1 atom stereocenters. The van der Waals surface area contributed by atoms with Crippen LogP contribution in [0.25, 0.3) is 0 Å². The second-order valence-electron chi connectivity index (χ2n) is 4.66. The van der Waals surface area contributed by atoms with Crippen LogP contribution >= 0.6 is 0 Å². The molecule has 0 fully saturated rings. The summed E-state index contributed by atoms with van der Waals surface area (Å²) in [4.78, 5) is 0. The Bertz CT molecular complexity index is 496. The first kappa shape index (κ1) is 14.6. The zero-order valence-corrected chi connectivity index (χ0v) is 11.8. The van der Waals surface area contributed by atoms with Gasteiger partial charge in [0.2, 0.25) is 0 Å². The summed E-state index contributed by atoms with van der Waals surface area (Å²) in [5.74, 6) is 0.778. The Morgan fingerprint density at radius 2 is 1.75 bits per heavy atom. The Hall–Kier alpha value is -1.84. The van der Waals surface area contributed by atoms with E-state index in [0.717, 1.165) is 24.4 Å². The molecular formula is C17H21NO2. The largest absolute Gasteiger partial charge is 0.491 e. The van der Waals surface area contributed by atoms with Gasteiger partial charge in [-0.1, -0.05) is 49.4 Å². The molecule has 2 aromatic rings. The fourth-order valence-corrected chi connectivity index (χ4v) is 1.92. The molecule has 0 aliphatic rings. The Labute approximate surface area is 120 Å². The molecule has 2 aromatic carbocycles. The summed E-state index contributed by atoms with van der Waals surface area (Å²) in [6, 6.07) is 17.5. The topological polar surface area (TPSA) is 41.5 Å². The van der Waals surface area contributed by atoms with Crippen molar-refractivity contribution >= 4 is 0 Å². The Morgan fingerprint density at radius 1 is 1.05 bits per heavy atom. The molecule has 1 unspecified atom stereocenters. The highest BCUT2D eigenvalue weighted by molar-refractivity contribution is 5.27. The summed E-state index contributed by atoms with van der Waals surface area (Å²) in [6.07, 6.45) is -0.599. The van der Waals surface area contributed by atoms with E-state index in [-0.39, 0.29) is 6.61 Å². The van der Waals surface area contributed by atoms with Crippen molar-refractivity contribution in [2.75, 3.05) is 13.2 Å². The highest BCUT2D eigenvalue weighted by atomic mass is 16.5. The number of ether oxygens (including phenoxy) is 1. The lowest BCUT2D eigenvalue weighted by Gasteiger charge is -2.13. The summed E-state index contributed by atoms with van der Waals surface area (Å²) >= 11 is 0. The molecule has 20 heavy (non-hydrogen) atoms. The molecule has 0 radical (unpaired) electrons. The molecule has 0 bridgehead atoms. The van der Waals surface area contributed by atoms with Crippen molar-refractivity contribution in [2.24, 2.45) is 0 Å². The van der Waals surface area contributed by atoms with Gasteiger partial charge < -0.3 is 15.2 Å². The monoisotopic (exact) mass is 271 g/mol. The van der Waals surface area contributed by atoms with Crippen molar-refractivity contribution in [3.05, 3.63) is 65.7 Å². The van der Waals surface area contributed by atoms with Crippen LogP contribution in [0.3, 0.4) is 0 Å². The molecule has 0 aliphatic carbocycles. The molecule has 0 heterocycles. The zero-order valence-electron chi connectivity index (χ0n) is 11.8. The summed E-state index contributed by atoms with van der Waals surface area (Å²) in [7, 11) is 0. The predicted molar refractivity (Wildman–Crippen MR) is 80.7 cm³/mol. The first-order valence-electron chi connectivity index (χ1n) is 6.95. The smallest absolute Gasteiger partial charge is 0.119 e. The van der Waals surface area contributed by atoms with Gasteiger partial charge in [-0.2, -0.15) is 0 Å². The normalized spacial score (nSPS) is 12.1. The van der Waals surface area contributed by atoms with E-state index in [2.05, 4.69) is 12.2 Å². The van der Waals surface area contributed by atoms with Crippen LogP contribution in [0.2, 0.25) is 0 Å². The van der Waals surface area contributed by atoms with Gasteiger partial charge in [0.15, 0.2) is 0 Å². The third-order valence-electron chi connectivity index (χ3n) is 3.09. The van der Waals surface area contributed by atoms with E-state index in [4.69, 9.17) is 4.74 Å². The maximum atomic E-state index is 10.0. The number of benzene rings is 2. The first-order valence-corrected chi connectivity index (χ1v) is 6.95. The van der Waals surface area contributed by atoms with E-state index in [1.54, 1.807) is 0 Å². The van der Waals surface area contributed by atoms with Crippen molar-refractivity contribution in [2.45, 2.75) is 19.6 Å². The number of aliphatic hydroxyl groups excluding tert-OH is 1. The standard InChI is InChI=1S/C17H21NO2/c1-2-18-12-14-8-10-16(11-9-14)20-13-17(19)15-6-4-3-5-7-15/h3-11,17-19H,2,12-13H2,1H3. The Kier molecular flexibility index (Phi) is 5.59. The van der Waals surface area contributed by atoms with Crippen molar-refractivity contribution in [1.29, 1.82) is 0 Å². The van der Waals surface area contributed by atoms with E-state index in [1.165, 1.54) is 5.56 Å². The number of hydrogen-bond acceptors (Lipinski definition) is 3. The van der Waals surface area contributed by atoms with Crippen molar-refractivity contribution in [3.8, 4) is 5.75 Å². The lowest BCUT2D eigenvalue weighted by atomic mass is 10.1. The Morgan fingerprint density at radius 3 is 2.40 bits per heavy atom. The predicted octanol–water partition coefficient (Wildman–Crippen LogP) is 2.91. The molecular weight excluding hydrogens is 250 g/mol. The van der Waals surface area contributed by atoms with Crippen LogP contribution in [0.5, 0.6) is 5.75 Å². The average molecular weight is 271 g/mol. The van der Waals surface area contributed by atoms with Gasteiger partial charge in [-0.25, -0.2) is 0 Å². The SMILES string of the molecule is CCNCc1ccc(OCC(O)c2ccccc2)cc1. The second kappa shape index (κ2) is 7.68. The van der Waals surface area contributed by atoms with E-state index < -0.39 is 6.10 Å². The second-order valence-corrected chi connectivity index (χ2v) is 4.66. The number of aliphatic hydroxyl groups is 1. The lowest BCUT2D eigenvalue weighted by molar-refractivity contribution is 0.108. The molecule has 3 nitrogen and oxygen atoms in total. The van der Waals surface area contributed by atoms with Crippen LogP contribution in [-0.4, -0.2) is 18.3 Å². The van der Waals surface area contributed by atoms with Crippen molar-refractivity contribution in [3.63, 3.8) is 0 Å². The highest BCUT2D eigenvalue weighted by Gasteiger charge is 2.07. The van der Waals surface area contributed by atoms with E-state index in [0.29, 0.717) is 0 Å². The fraction of sp³-hybridized carbons (Fsp3) is 0.294. The lowest BCUT2D eigenvalue weighted by Crippen LogP contribution is -2.12.